The number of allylic oxidation sites excluding steroid dienone is 4. The van der Waals surface area contributed by atoms with E-state index in [4.69, 9.17) is 0 Å². The fourth-order valence-corrected chi connectivity index (χ4v) is 3.61. The van der Waals surface area contributed by atoms with Crippen LogP contribution < -0.4 is 0 Å². The number of aryl methyl sites for hydroxylation is 2. The van der Waals surface area contributed by atoms with Crippen LogP contribution in [0, 0.1) is 13.8 Å². The molecular weight excluding hydrogens is 324 g/mol. The Morgan fingerprint density at radius 2 is 1.26 bits per heavy atom. The Bertz CT molecular complexity index is 983. The summed E-state index contributed by atoms with van der Waals surface area (Å²) < 4.78 is 0. The van der Waals surface area contributed by atoms with E-state index >= 15 is 0 Å². The van der Waals surface area contributed by atoms with Crippen LogP contribution in [-0.2, 0) is 6.42 Å². The van der Waals surface area contributed by atoms with Crippen molar-refractivity contribution >= 4 is 5.57 Å². The van der Waals surface area contributed by atoms with Gasteiger partial charge in [0.2, 0.25) is 0 Å². The Balaban J connectivity index is 1.47. The van der Waals surface area contributed by atoms with Gasteiger partial charge in [-0.1, -0.05) is 85.0 Å². The molecule has 0 aliphatic heterocycles. The summed E-state index contributed by atoms with van der Waals surface area (Å²) in [7, 11) is 0. The van der Waals surface area contributed by atoms with Gasteiger partial charge in [-0.05, 0) is 77.6 Å². The molecule has 27 heavy (non-hydrogen) atoms. The average molecular weight is 351 g/mol. The number of hydrogen-bond donors (Lipinski definition) is 0. The van der Waals surface area contributed by atoms with E-state index in [-0.39, 0.29) is 0 Å². The van der Waals surface area contributed by atoms with Gasteiger partial charge in [-0.15, -0.1) is 0 Å². The second kappa shape index (κ2) is 7.80. The monoisotopic (exact) mass is 350 g/mol. The molecule has 0 heteroatoms. The first-order chi connectivity index (χ1) is 13.2. The van der Waals surface area contributed by atoms with Crippen molar-refractivity contribution < 1.29 is 0 Å². The molecule has 0 fully saturated rings. The van der Waals surface area contributed by atoms with Gasteiger partial charge in [0.05, 0.1) is 0 Å². The first-order valence-corrected chi connectivity index (χ1v) is 9.82. The predicted molar refractivity (Wildman–Crippen MR) is 117 cm³/mol. The minimum Gasteiger partial charge on any atom is -0.0836 e. The molecule has 0 atom stereocenters. The average Bonchev–Trinajstić information content (AvgIpc) is 2.72. The fourth-order valence-electron chi connectivity index (χ4n) is 3.61. The van der Waals surface area contributed by atoms with Gasteiger partial charge < -0.3 is 0 Å². The van der Waals surface area contributed by atoms with Crippen molar-refractivity contribution in [2.45, 2.75) is 33.1 Å². The van der Waals surface area contributed by atoms with Crippen LogP contribution in [0.2, 0.25) is 0 Å². The maximum Gasteiger partial charge on any atom is -0.00258 e. The normalized spacial score (nSPS) is 13.5. The molecule has 0 spiro atoms. The summed E-state index contributed by atoms with van der Waals surface area (Å²) in [6, 6.07) is 24.7. The van der Waals surface area contributed by atoms with E-state index in [0.29, 0.717) is 0 Å². The van der Waals surface area contributed by atoms with E-state index in [1.54, 1.807) is 0 Å². The van der Waals surface area contributed by atoms with Gasteiger partial charge in [-0.25, -0.2) is 0 Å². The van der Waals surface area contributed by atoms with Crippen LogP contribution in [0.15, 0.2) is 85.0 Å². The highest BCUT2D eigenvalue weighted by Crippen LogP contribution is 2.25. The highest BCUT2D eigenvalue weighted by molar-refractivity contribution is 5.74. The van der Waals surface area contributed by atoms with E-state index in [9.17, 15) is 0 Å². The highest BCUT2D eigenvalue weighted by Gasteiger charge is 2.04. The summed E-state index contributed by atoms with van der Waals surface area (Å²) in [6.07, 6.45) is 10.1. The lowest BCUT2D eigenvalue weighted by molar-refractivity contribution is 1.04. The summed E-state index contributed by atoms with van der Waals surface area (Å²) in [5, 5.41) is 0. The zero-order chi connectivity index (χ0) is 18.6. The second-order valence-corrected chi connectivity index (χ2v) is 7.51. The third kappa shape index (κ3) is 4.11. The maximum atomic E-state index is 2.33. The zero-order valence-electron chi connectivity index (χ0n) is 16.2. The molecule has 134 valence electrons. The lowest BCUT2D eigenvalue weighted by Crippen LogP contribution is -1.91. The van der Waals surface area contributed by atoms with Gasteiger partial charge in [-0.3, -0.25) is 0 Å². The standard InChI is InChI=1S/C27H26/c1-20-8-13-27(18-21(20)2)26-16-11-23(12-17-26)19-22-9-14-25(15-10-22)24-6-4-3-5-7-24/h4,6-18H,3,5,19H2,1-2H3. The molecule has 0 heterocycles. The van der Waals surface area contributed by atoms with E-state index < -0.39 is 0 Å². The Morgan fingerprint density at radius 1 is 0.630 bits per heavy atom. The van der Waals surface area contributed by atoms with Gasteiger partial charge in [-0.2, -0.15) is 0 Å². The molecule has 0 unspecified atom stereocenters. The third-order valence-corrected chi connectivity index (χ3v) is 5.48. The summed E-state index contributed by atoms with van der Waals surface area (Å²) >= 11 is 0. The molecule has 0 saturated carbocycles. The minimum atomic E-state index is 0.975. The molecule has 0 bridgehead atoms. The van der Waals surface area contributed by atoms with Crippen LogP contribution in [0.5, 0.6) is 0 Å². The fraction of sp³-hybridized carbons (Fsp3) is 0.185. The second-order valence-electron chi connectivity index (χ2n) is 7.51. The number of benzene rings is 3. The Kier molecular flexibility index (Phi) is 5.07. The van der Waals surface area contributed by atoms with Crippen LogP contribution in [0.1, 0.15) is 40.7 Å². The first kappa shape index (κ1) is 17.5. The van der Waals surface area contributed by atoms with Crippen LogP contribution in [-0.4, -0.2) is 0 Å². The highest BCUT2D eigenvalue weighted by atomic mass is 14.1. The van der Waals surface area contributed by atoms with E-state index in [2.05, 4.69) is 98.8 Å². The molecule has 0 saturated heterocycles. The molecule has 3 aromatic carbocycles. The first-order valence-electron chi connectivity index (χ1n) is 9.82. The van der Waals surface area contributed by atoms with Crippen LogP contribution in [0.4, 0.5) is 0 Å². The summed E-state index contributed by atoms with van der Waals surface area (Å²) in [5.41, 5.74) is 10.7. The van der Waals surface area contributed by atoms with Gasteiger partial charge in [0.25, 0.3) is 0 Å². The Labute approximate surface area is 162 Å². The van der Waals surface area contributed by atoms with Gasteiger partial charge in [0, 0.05) is 0 Å². The van der Waals surface area contributed by atoms with Gasteiger partial charge in [0.15, 0.2) is 0 Å². The molecule has 0 radical (unpaired) electrons. The van der Waals surface area contributed by atoms with Gasteiger partial charge in [0.1, 0.15) is 0 Å². The molecule has 0 nitrogen and oxygen atoms in total. The summed E-state index contributed by atoms with van der Waals surface area (Å²) in [6.45, 7) is 4.34. The largest absolute Gasteiger partial charge is 0.0836 e. The molecule has 0 amide bonds. The Hall–Kier alpha value is -2.86. The smallest absolute Gasteiger partial charge is 0.00258 e. The zero-order valence-corrected chi connectivity index (χ0v) is 16.2. The predicted octanol–water partition coefficient (Wildman–Crippen LogP) is 7.29. The minimum absolute atomic E-state index is 0.975. The summed E-state index contributed by atoms with van der Waals surface area (Å²) in [4.78, 5) is 0. The van der Waals surface area contributed by atoms with Crippen LogP contribution in [0.3, 0.4) is 0 Å². The van der Waals surface area contributed by atoms with Crippen molar-refractivity contribution in [1.29, 1.82) is 0 Å². The lowest BCUT2D eigenvalue weighted by Gasteiger charge is -2.09. The van der Waals surface area contributed by atoms with E-state index in [1.165, 1.54) is 50.9 Å². The van der Waals surface area contributed by atoms with Crippen molar-refractivity contribution in [3.63, 3.8) is 0 Å². The number of rotatable bonds is 4. The van der Waals surface area contributed by atoms with Crippen LogP contribution >= 0.6 is 0 Å². The van der Waals surface area contributed by atoms with E-state index in [0.717, 1.165) is 12.8 Å². The number of hydrogen-bond acceptors (Lipinski definition) is 0. The SMILES string of the molecule is Cc1ccc(-c2ccc(Cc3ccc(C4=CCCC=C4)cc3)cc2)cc1C. The van der Waals surface area contributed by atoms with Crippen molar-refractivity contribution in [2.75, 3.05) is 0 Å². The van der Waals surface area contributed by atoms with Crippen molar-refractivity contribution in [2.24, 2.45) is 0 Å². The van der Waals surface area contributed by atoms with Crippen molar-refractivity contribution in [1.82, 2.24) is 0 Å². The van der Waals surface area contributed by atoms with Crippen LogP contribution in [0.25, 0.3) is 16.7 Å². The lowest BCUT2D eigenvalue weighted by atomic mass is 9.96. The van der Waals surface area contributed by atoms with E-state index in [1.807, 2.05) is 0 Å². The molecule has 3 aromatic rings. The maximum absolute atomic E-state index is 2.33. The molecule has 4 rings (SSSR count). The molecule has 1 aliphatic rings. The Morgan fingerprint density at radius 3 is 1.85 bits per heavy atom. The quantitative estimate of drug-likeness (QED) is 0.463. The van der Waals surface area contributed by atoms with Crippen molar-refractivity contribution in [3.05, 3.63) is 113 Å². The third-order valence-electron chi connectivity index (χ3n) is 5.48. The molecule has 1 aliphatic carbocycles. The topological polar surface area (TPSA) is 0 Å². The molecule has 0 aromatic heterocycles. The van der Waals surface area contributed by atoms with Gasteiger partial charge >= 0.3 is 0 Å². The summed E-state index contributed by atoms with van der Waals surface area (Å²) in [5.74, 6) is 0. The molecular formula is C27H26. The van der Waals surface area contributed by atoms with Crippen molar-refractivity contribution in [3.8, 4) is 11.1 Å². The molecule has 0 N–H and O–H groups in total.